The molecule has 0 aromatic carbocycles. The first-order valence-electron chi connectivity index (χ1n) is 8.78. The van der Waals surface area contributed by atoms with Gasteiger partial charge in [-0.15, -0.1) is 21.5 Å². The minimum absolute atomic E-state index is 0.0122. The van der Waals surface area contributed by atoms with Gasteiger partial charge < -0.3 is 0 Å². The molecule has 0 saturated heterocycles. The molecule has 4 saturated carbocycles. The van der Waals surface area contributed by atoms with Gasteiger partial charge >= 0.3 is 0 Å². The van der Waals surface area contributed by atoms with Crippen molar-refractivity contribution < 1.29 is 4.79 Å². The number of amides is 1. The van der Waals surface area contributed by atoms with Crippen molar-refractivity contribution in [3.05, 3.63) is 27.4 Å². The summed E-state index contributed by atoms with van der Waals surface area (Å²) < 4.78 is 0. The zero-order valence-electron chi connectivity index (χ0n) is 13.8. The fraction of sp³-hybridized carbons (Fsp3) is 0.611. The lowest BCUT2D eigenvalue weighted by molar-refractivity contribution is -0.00555. The Labute approximate surface area is 149 Å². The van der Waals surface area contributed by atoms with Gasteiger partial charge in [-0.1, -0.05) is 17.4 Å². The van der Waals surface area contributed by atoms with Crippen LogP contribution in [-0.4, -0.2) is 23.2 Å². The summed E-state index contributed by atoms with van der Waals surface area (Å²) in [6.07, 6.45) is 8.16. The summed E-state index contributed by atoms with van der Waals surface area (Å²) in [6.45, 7) is 0. The average molecular weight is 360 g/mol. The molecule has 0 N–H and O–H groups in total. The second-order valence-electron chi connectivity index (χ2n) is 7.93. The average Bonchev–Trinajstić information content (AvgIpc) is 3.24. The van der Waals surface area contributed by atoms with E-state index < -0.39 is 0 Å². The quantitative estimate of drug-likeness (QED) is 0.819. The summed E-state index contributed by atoms with van der Waals surface area (Å²) in [7, 11) is 1.81. The van der Waals surface area contributed by atoms with Crippen LogP contribution in [0.3, 0.4) is 0 Å². The number of thiophene rings is 1. The summed E-state index contributed by atoms with van der Waals surface area (Å²) in [5.41, 5.74) is 0.261. The summed E-state index contributed by atoms with van der Waals surface area (Å²) in [4.78, 5) is 15.0. The van der Waals surface area contributed by atoms with Gasteiger partial charge in [-0.05, 0) is 67.7 Å². The lowest BCUT2D eigenvalue weighted by atomic mass is 9.50. The number of hydrogen-bond donors (Lipinski definition) is 0. The Morgan fingerprint density at radius 2 is 1.83 bits per heavy atom. The molecule has 4 aliphatic carbocycles. The van der Waals surface area contributed by atoms with Gasteiger partial charge in [0.15, 0.2) is 0 Å². The molecule has 0 atom stereocenters. The van der Waals surface area contributed by atoms with Gasteiger partial charge in [0.05, 0.1) is 4.88 Å². The topological polar surface area (TPSA) is 46.1 Å². The second-order valence-corrected chi connectivity index (χ2v) is 9.83. The summed E-state index contributed by atoms with van der Waals surface area (Å²) in [6, 6.07) is 3.78. The molecule has 6 rings (SSSR count). The van der Waals surface area contributed by atoms with Crippen molar-refractivity contribution in [1.82, 2.24) is 10.2 Å². The molecule has 0 spiro atoms. The van der Waals surface area contributed by atoms with Crippen LogP contribution in [0.5, 0.6) is 0 Å². The first-order chi connectivity index (χ1) is 11.6. The molecular formula is C18H21N3OS2. The number of anilines is 1. The highest BCUT2D eigenvalue weighted by Crippen LogP contribution is 2.61. The highest BCUT2D eigenvalue weighted by atomic mass is 32.1. The Morgan fingerprint density at radius 3 is 2.42 bits per heavy atom. The molecular weight excluding hydrogens is 338 g/mol. The second kappa shape index (κ2) is 5.36. The van der Waals surface area contributed by atoms with E-state index in [2.05, 4.69) is 10.2 Å². The molecule has 4 nitrogen and oxygen atoms in total. The number of carbonyl (C=O) groups is 1. The van der Waals surface area contributed by atoms with E-state index in [0.717, 1.165) is 27.8 Å². The molecule has 0 unspecified atom stereocenters. The predicted molar refractivity (Wildman–Crippen MR) is 96.8 cm³/mol. The van der Waals surface area contributed by atoms with E-state index in [4.69, 9.17) is 0 Å². The molecule has 24 heavy (non-hydrogen) atoms. The van der Waals surface area contributed by atoms with E-state index in [1.165, 1.54) is 54.9 Å². The third kappa shape index (κ3) is 2.26. The maximum Gasteiger partial charge on any atom is 0.269 e. The number of hydrogen-bond acceptors (Lipinski definition) is 5. The van der Waals surface area contributed by atoms with Crippen LogP contribution >= 0.6 is 22.7 Å². The standard InChI is InChI=1S/C18H21N3OS2/c1-21(15(22)14-3-2-4-23-14)17-20-19-16(24-17)18-8-11-5-12(9-18)7-13(6-11)10-18/h2-4,11-13H,5-10H2,1H3. The maximum absolute atomic E-state index is 12.5. The molecule has 2 heterocycles. The Balaban J connectivity index is 1.42. The minimum atomic E-state index is 0.0122. The van der Waals surface area contributed by atoms with Crippen molar-refractivity contribution in [2.45, 2.75) is 43.9 Å². The van der Waals surface area contributed by atoms with Gasteiger partial charge in [-0.3, -0.25) is 9.69 Å². The molecule has 0 radical (unpaired) electrons. The first-order valence-corrected chi connectivity index (χ1v) is 10.5. The highest BCUT2D eigenvalue weighted by Gasteiger charge is 2.53. The molecule has 2 aromatic heterocycles. The zero-order valence-corrected chi connectivity index (χ0v) is 15.4. The van der Waals surface area contributed by atoms with Gasteiger partial charge in [0, 0.05) is 12.5 Å². The van der Waals surface area contributed by atoms with E-state index in [9.17, 15) is 4.79 Å². The molecule has 4 bridgehead atoms. The smallest absolute Gasteiger partial charge is 0.269 e. The van der Waals surface area contributed by atoms with Gasteiger partial charge in [-0.2, -0.15) is 0 Å². The third-order valence-corrected chi connectivity index (χ3v) is 8.33. The maximum atomic E-state index is 12.5. The highest BCUT2D eigenvalue weighted by molar-refractivity contribution is 7.16. The Bertz CT molecular complexity index is 732. The fourth-order valence-electron chi connectivity index (χ4n) is 5.59. The molecule has 126 valence electrons. The lowest BCUT2D eigenvalue weighted by Gasteiger charge is -2.55. The monoisotopic (exact) mass is 359 g/mol. The van der Waals surface area contributed by atoms with Gasteiger partial charge in [0.25, 0.3) is 5.91 Å². The summed E-state index contributed by atoms with van der Waals surface area (Å²) in [5.74, 6) is 2.70. The first kappa shape index (κ1) is 15.0. The van der Waals surface area contributed by atoms with Crippen molar-refractivity contribution in [2.75, 3.05) is 11.9 Å². The van der Waals surface area contributed by atoms with Crippen molar-refractivity contribution in [3.8, 4) is 0 Å². The van der Waals surface area contributed by atoms with E-state index >= 15 is 0 Å². The van der Waals surface area contributed by atoms with E-state index in [1.54, 1.807) is 16.2 Å². The molecule has 1 amide bonds. The Kier molecular flexibility index (Phi) is 3.36. The van der Waals surface area contributed by atoms with Crippen LogP contribution in [0.25, 0.3) is 0 Å². The molecule has 4 fully saturated rings. The van der Waals surface area contributed by atoms with Crippen LogP contribution in [-0.2, 0) is 5.41 Å². The molecule has 6 heteroatoms. The number of nitrogens with zero attached hydrogens (tertiary/aromatic N) is 3. The third-order valence-electron chi connectivity index (χ3n) is 6.23. The Hall–Kier alpha value is -1.27. The van der Waals surface area contributed by atoms with Crippen LogP contribution in [0.15, 0.2) is 17.5 Å². The van der Waals surface area contributed by atoms with Crippen molar-refractivity contribution >= 4 is 33.7 Å². The predicted octanol–water partition coefficient (Wildman–Crippen LogP) is 4.34. The Morgan fingerprint density at radius 1 is 1.17 bits per heavy atom. The molecule has 0 aliphatic heterocycles. The SMILES string of the molecule is CN(C(=O)c1cccs1)c1nnc(C23CC4CC(CC(C4)C2)C3)s1. The van der Waals surface area contributed by atoms with Crippen molar-refractivity contribution in [1.29, 1.82) is 0 Å². The normalized spacial score (nSPS) is 33.8. The zero-order chi connectivity index (χ0) is 16.3. The van der Waals surface area contributed by atoms with E-state index in [0.29, 0.717) is 0 Å². The van der Waals surface area contributed by atoms with Crippen molar-refractivity contribution in [2.24, 2.45) is 17.8 Å². The van der Waals surface area contributed by atoms with Crippen LogP contribution < -0.4 is 4.90 Å². The number of rotatable bonds is 3. The van der Waals surface area contributed by atoms with E-state index in [-0.39, 0.29) is 11.3 Å². The minimum Gasteiger partial charge on any atom is -0.285 e. The number of carbonyl (C=O) groups excluding carboxylic acids is 1. The fourth-order valence-corrected chi connectivity index (χ4v) is 7.31. The summed E-state index contributed by atoms with van der Waals surface area (Å²) in [5, 5.41) is 12.8. The molecule has 2 aromatic rings. The van der Waals surface area contributed by atoms with Crippen LogP contribution in [0.1, 0.15) is 53.2 Å². The lowest BCUT2D eigenvalue weighted by Crippen LogP contribution is -2.48. The molecule has 4 aliphatic rings. The summed E-state index contributed by atoms with van der Waals surface area (Å²) >= 11 is 3.12. The largest absolute Gasteiger partial charge is 0.285 e. The van der Waals surface area contributed by atoms with Crippen LogP contribution in [0.2, 0.25) is 0 Å². The van der Waals surface area contributed by atoms with E-state index in [1.807, 2.05) is 24.6 Å². The van der Waals surface area contributed by atoms with Crippen LogP contribution in [0, 0.1) is 17.8 Å². The van der Waals surface area contributed by atoms with Gasteiger partial charge in [0.2, 0.25) is 5.13 Å². The number of aromatic nitrogens is 2. The van der Waals surface area contributed by atoms with Gasteiger partial charge in [0.1, 0.15) is 5.01 Å². The van der Waals surface area contributed by atoms with Crippen molar-refractivity contribution in [3.63, 3.8) is 0 Å². The van der Waals surface area contributed by atoms with Gasteiger partial charge in [-0.25, -0.2) is 0 Å². The van der Waals surface area contributed by atoms with Crippen LogP contribution in [0.4, 0.5) is 5.13 Å².